The zero-order valence-electron chi connectivity index (χ0n) is 21.7. The summed E-state index contributed by atoms with van der Waals surface area (Å²) < 4.78 is 5.82. The molecule has 0 atom stereocenters. The van der Waals surface area contributed by atoms with Gasteiger partial charge in [0.05, 0.1) is 0 Å². The molecule has 2 aromatic carbocycles. The lowest BCUT2D eigenvalue weighted by Gasteiger charge is -2.15. The standard InChI is InChI=1S/C31H47NO2/c1-3-5-7-9-11-13-16-21-27-22-20-26-30(29(27)25-19-14-12-10-8-6-4-2)34-31(33)32-28-23-17-15-18-24-28/h15,17-18,20,22-24,26H,3-14,16,19,21,25H2,1-2H3,(H,32,33). The number of hydrogen-bond donors (Lipinski definition) is 1. The van der Waals surface area contributed by atoms with Gasteiger partial charge >= 0.3 is 6.09 Å². The number of carbonyl (C=O) groups is 1. The quantitative estimate of drug-likeness (QED) is 0.222. The Morgan fingerprint density at radius 2 is 1.21 bits per heavy atom. The van der Waals surface area contributed by atoms with E-state index in [2.05, 4.69) is 25.2 Å². The summed E-state index contributed by atoms with van der Waals surface area (Å²) in [6.45, 7) is 4.53. The number of amides is 1. The monoisotopic (exact) mass is 465 g/mol. The zero-order valence-corrected chi connectivity index (χ0v) is 21.7. The van der Waals surface area contributed by atoms with Gasteiger partial charge in [-0.25, -0.2) is 4.79 Å². The Morgan fingerprint density at radius 3 is 1.82 bits per heavy atom. The molecule has 0 aliphatic heterocycles. The highest BCUT2D eigenvalue weighted by Crippen LogP contribution is 2.27. The molecule has 1 amide bonds. The maximum atomic E-state index is 12.6. The molecule has 3 nitrogen and oxygen atoms in total. The predicted molar refractivity (Wildman–Crippen MR) is 146 cm³/mol. The van der Waals surface area contributed by atoms with Gasteiger partial charge in [0.25, 0.3) is 0 Å². The molecule has 0 aliphatic rings. The van der Waals surface area contributed by atoms with Crippen molar-refractivity contribution in [1.82, 2.24) is 0 Å². The Hall–Kier alpha value is -2.29. The molecule has 0 heterocycles. The van der Waals surface area contributed by atoms with Crippen LogP contribution in [0.15, 0.2) is 48.5 Å². The van der Waals surface area contributed by atoms with Gasteiger partial charge in [-0.3, -0.25) is 5.32 Å². The van der Waals surface area contributed by atoms with Gasteiger partial charge in [-0.15, -0.1) is 0 Å². The first kappa shape index (κ1) is 28.0. The molecule has 0 radical (unpaired) electrons. The molecule has 3 heteroatoms. The Morgan fingerprint density at radius 1 is 0.647 bits per heavy atom. The Balaban J connectivity index is 1.94. The normalized spacial score (nSPS) is 10.9. The second-order valence-electron chi connectivity index (χ2n) is 9.52. The van der Waals surface area contributed by atoms with Crippen LogP contribution in [0, 0.1) is 0 Å². The summed E-state index contributed by atoms with van der Waals surface area (Å²) in [4.78, 5) is 12.6. The Labute approximate surface area is 208 Å². The highest BCUT2D eigenvalue weighted by Gasteiger charge is 2.13. The topological polar surface area (TPSA) is 38.3 Å². The van der Waals surface area contributed by atoms with E-state index in [9.17, 15) is 4.79 Å². The van der Waals surface area contributed by atoms with Crippen LogP contribution in [0.5, 0.6) is 5.75 Å². The number of para-hydroxylation sites is 1. The number of hydrogen-bond acceptors (Lipinski definition) is 2. The number of carbonyl (C=O) groups excluding carboxylic acids is 1. The summed E-state index contributed by atoms with van der Waals surface area (Å²) in [7, 11) is 0. The third-order valence-electron chi connectivity index (χ3n) is 6.53. The van der Waals surface area contributed by atoms with Gasteiger partial charge in [-0.2, -0.15) is 0 Å². The lowest BCUT2D eigenvalue weighted by Crippen LogP contribution is -2.18. The SMILES string of the molecule is CCCCCCCCCc1cccc(OC(=O)Nc2ccccc2)c1CCCCCCCCC. The van der Waals surface area contributed by atoms with Gasteiger partial charge in [0.15, 0.2) is 0 Å². The molecule has 188 valence electrons. The van der Waals surface area contributed by atoms with E-state index in [1.54, 1.807) is 0 Å². The molecule has 0 aliphatic carbocycles. The van der Waals surface area contributed by atoms with Gasteiger partial charge in [-0.05, 0) is 55.0 Å². The van der Waals surface area contributed by atoms with Crippen LogP contribution in [0.25, 0.3) is 0 Å². The second kappa shape index (κ2) is 18.1. The molecule has 0 bridgehead atoms. The van der Waals surface area contributed by atoms with Crippen LogP contribution in [-0.4, -0.2) is 6.09 Å². The molecule has 2 rings (SSSR count). The van der Waals surface area contributed by atoms with Crippen molar-refractivity contribution in [3.8, 4) is 5.75 Å². The average molecular weight is 466 g/mol. The molecule has 0 unspecified atom stereocenters. The fourth-order valence-corrected chi connectivity index (χ4v) is 4.52. The summed E-state index contributed by atoms with van der Waals surface area (Å²) >= 11 is 0. The van der Waals surface area contributed by atoms with Crippen molar-refractivity contribution in [2.45, 2.75) is 117 Å². The van der Waals surface area contributed by atoms with E-state index in [0.717, 1.165) is 30.7 Å². The number of rotatable bonds is 18. The van der Waals surface area contributed by atoms with Gasteiger partial charge in [0.2, 0.25) is 0 Å². The summed E-state index contributed by atoms with van der Waals surface area (Å²) in [6, 6.07) is 15.7. The predicted octanol–water partition coefficient (Wildman–Crippen LogP) is 9.88. The number of anilines is 1. The van der Waals surface area contributed by atoms with Crippen LogP contribution >= 0.6 is 0 Å². The largest absolute Gasteiger partial charge is 0.417 e. The molecule has 0 fully saturated rings. The van der Waals surface area contributed by atoms with E-state index < -0.39 is 6.09 Å². The lowest BCUT2D eigenvalue weighted by molar-refractivity contribution is 0.214. The molecule has 1 N–H and O–H groups in total. The molecule has 0 aromatic heterocycles. The van der Waals surface area contributed by atoms with Crippen LogP contribution in [-0.2, 0) is 12.8 Å². The highest BCUT2D eigenvalue weighted by atomic mass is 16.6. The molecule has 0 spiro atoms. The first-order valence-corrected chi connectivity index (χ1v) is 13.9. The fourth-order valence-electron chi connectivity index (χ4n) is 4.52. The van der Waals surface area contributed by atoms with Crippen molar-refractivity contribution in [2.24, 2.45) is 0 Å². The maximum Gasteiger partial charge on any atom is 0.417 e. The summed E-state index contributed by atoms with van der Waals surface area (Å²) in [5, 5.41) is 2.85. The van der Waals surface area contributed by atoms with E-state index in [1.165, 1.54) is 94.6 Å². The number of aryl methyl sites for hydroxylation is 1. The van der Waals surface area contributed by atoms with Gasteiger partial charge in [0.1, 0.15) is 5.75 Å². The van der Waals surface area contributed by atoms with Crippen LogP contribution in [0.1, 0.15) is 115 Å². The smallest absolute Gasteiger partial charge is 0.410 e. The van der Waals surface area contributed by atoms with Crippen molar-refractivity contribution in [2.75, 3.05) is 5.32 Å². The Kier molecular flexibility index (Phi) is 14.9. The van der Waals surface area contributed by atoms with E-state index >= 15 is 0 Å². The van der Waals surface area contributed by atoms with E-state index in [4.69, 9.17) is 4.74 Å². The lowest BCUT2D eigenvalue weighted by atomic mass is 9.95. The molecule has 0 saturated heterocycles. The number of ether oxygens (including phenoxy) is 1. The third-order valence-corrected chi connectivity index (χ3v) is 6.53. The Bertz CT molecular complexity index is 787. The van der Waals surface area contributed by atoms with Crippen LogP contribution < -0.4 is 10.1 Å². The van der Waals surface area contributed by atoms with Crippen molar-refractivity contribution < 1.29 is 9.53 Å². The zero-order chi connectivity index (χ0) is 24.3. The highest BCUT2D eigenvalue weighted by molar-refractivity contribution is 5.86. The minimum absolute atomic E-state index is 0.417. The van der Waals surface area contributed by atoms with E-state index in [1.807, 2.05) is 42.5 Å². The van der Waals surface area contributed by atoms with E-state index in [-0.39, 0.29) is 0 Å². The fraction of sp³-hybridized carbons (Fsp3) is 0.581. The summed E-state index contributed by atoms with van der Waals surface area (Å²) in [6.07, 6.45) is 19.8. The van der Waals surface area contributed by atoms with Crippen LogP contribution in [0.4, 0.5) is 10.5 Å². The third kappa shape index (κ3) is 11.7. The van der Waals surface area contributed by atoms with Crippen LogP contribution in [0.3, 0.4) is 0 Å². The number of unbranched alkanes of at least 4 members (excludes halogenated alkanes) is 12. The van der Waals surface area contributed by atoms with Crippen molar-refractivity contribution >= 4 is 11.8 Å². The molecular formula is C31H47NO2. The van der Waals surface area contributed by atoms with Crippen molar-refractivity contribution in [3.05, 3.63) is 59.7 Å². The maximum absolute atomic E-state index is 12.6. The molecule has 34 heavy (non-hydrogen) atoms. The number of benzene rings is 2. The first-order valence-electron chi connectivity index (χ1n) is 13.9. The minimum Gasteiger partial charge on any atom is -0.410 e. The summed E-state index contributed by atoms with van der Waals surface area (Å²) in [5.74, 6) is 0.722. The molecule has 2 aromatic rings. The van der Waals surface area contributed by atoms with Crippen molar-refractivity contribution in [3.63, 3.8) is 0 Å². The van der Waals surface area contributed by atoms with Gasteiger partial charge in [-0.1, -0.05) is 121 Å². The van der Waals surface area contributed by atoms with Crippen LogP contribution in [0.2, 0.25) is 0 Å². The van der Waals surface area contributed by atoms with Crippen molar-refractivity contribution in [1.29, 1.82) is 0 Å². The number of nitrogens with one attached hydrogen (secondary N) is 1. The summed E-state index contributed by atoms with van der Waals surface area (Å²) in [5.41, 5.74) is 3.33. The van der Waals surface area contributed by atoms with Gasteiger partial charge < -0.3 is 4.74 Å². The van der Waals surface area contributed by atoms with E-state index in [0.29, 0.717) is 0 Å². The molecular weight excluding hydrogens is 418 g/mol. The van der Waals surface area contributed by atoms with Gasteiger partial charge in [0, 0.05) is 5.69 Å². The average Bonchev–Trinajstić information content (AvgIpc) is 2.84. The minimum atomic E-state index is -0.417. The molecule has 0 saturated carbocycles. The second-order valence-corrected chi connectivity index (χ2v) is 9.52. The first-order chi connectivity index (χ1) is 16.7.